The third-order valence-electron chi connectivity index (χ3n) is 3.56. The molecule has 0 atom stereocenters. The first kappa shape index (κ1) is 15.2. The highest BCUT2D eigenvalue weighted by atomic mass is 16.6. The average Bonchev–Trinajstić information content (AvgIpc) is 3.10. The fourth-order valence-electron chi connectivity index (χ4n) is 2.40. The summed E-state index contributed by atoms with van der Waals surface area (Å²) in [5.41, 5.74) is 3.14. The van der Waals surface area contributed by atoms with Crippen molar-refractivity contribution in [3.63, 3.8) is 0 Å². The lowest BCUT2D eigenvalue weighted by molar-refractivity contribution is -0.384. The van der Waals surface area contributed by atoms with Gasteiger partial charge in [0.2, 0.25) is 0 Å². The van der Waals surface area contributed by atoms with Crippen molar-refractivity contribution in [1.29, 1.82) is 0 Å². The Balaban J connectivity index is 1.56. The molecular weight excluding hydrogens is 294 g/mol. The van der Waals surface area contributed by atoms with Gasteiger partial charge in [0.1, 0.15) is 5.84 Å². The van der Waals surface area contributed by atoms with Gasteiger partial charge in [-0.05, 0) is 29.3 Å². The van der Waals surface area contributed by atoms with Gasteiger partial charge in [0.15, 0.2) is 0 Å². The van der Waals surface area contributed by atoms with E-state index >= 15 is 0 Å². The van der Waals surface area contributed by atoms with E-state index in [2.05, 4.69) is 16.4 Å². The summed E-state index contributed by atoms with van der Waals surface area (Å²) in [5.74, 6) is 0.933. The molecule has 1 aliphatic rings. The van der Waals surface area contributed by atoms with Crippen LogP contribution in [-0.4, -0.2) is 23.8 Å². The highest BCUT2D eigenvalue weighted by Crippen LogP contribution is 2.14. The molecule has 0 aliphatic carbocycles. The molecule has 0 amide bonds. The Hall–Kier alpha value is -2.73. The zero-order valence-electron chi connectivity index (χ0n) is 12.6. The maximum absolute atomic E-state index is 10.6. The summed E-state index contributed by atoms with van der Waals surface area (Å²) in [7, 11) is 0. The largest absolute Gasteiger partial charge is 0.372 e. The van der Waals surface area contributed by atoms with Crippen LogP contribution in [0.25, 0.3) is 0 Å². The maximum atomic E-state index is 10.6. The minimum absolute atomic E-state index is 0.0892. The first-order valence-electron chi connectivity index (χ1n) is 7.41. The number of aliphatic imine (C=N–C) groups is 1. The van der Waals surface area contributed by atoms with Crippen molar-refractivity contribution in [2.75, 3.05) is 13.1 Å². The molecule has 0 spiro atoms. The summed E-state index contributed by atoms with van der Waals surface area (Å²) in [6.07, 6.45) is 0. The van der Waals surface area contributed by atoms with Crippen molar-refractivity contribution in [3.8, 4) is 0 Å². The number of rotatable bonds is 6. The first-order chi connectivity index (χ1) is 11.2. The Morgan fingerprint density at radius 3 is 2.61 bits per heavy atom. The van der Waals surface area contributed by atoms with E-state index in [-0.39, 0.29) is 5.69 Å². The topological polar surface area (TPSA) is 76.8 Å². The molecule has 2 aromatic rings. The molecule has 118 valence electrons. The summed E-state index contributed by atoms with van der Waals surface area (Å²) in [5, 5.41) is 13.9. The van der Waals surface area contributed by atoms with Gasteiger partial charge >= 0.3 is 0 Å². The van der Waals surface area contributed by atoms with Crippen molar-refractivity contribution in [3.05, 3.63) is 75.3 Å². The van der Waals surface area contributed by atoms with Gasteiger partial charge < -0.3 is 10.1 Å². The summed E-state index contributed by atoms with van der Waals surface area (Å²) in [6.45, 7) is 2.60. The lowest BCUT2D eigenvalue weighted by Crippen LogP contribution is -2.19. The van der Waals surface area contributed by atoms with Crippen LogP contribution >= 0.6 is 0 Å². The molecule has 0 radical (unpaired) electrons. The molecule has 23 heavy (non-hydrogen) atoms. The molecule has 0 saturated heterocycles. The van der Waals surface area contributed by atoms with Crippen LogP contribution in [0.15, 0.2) is 53.5 Å². The zero-order valence-corrected chi connectivity index (χ0v) is 12.6. The standard InChI is InChI=1S/C17H17N3O3/c21-20(22)16-6-4-13(5-7-16)11-23-12-14-2-1-3-15(10-14)17-18-8-9-19-17/h1-7,10H,8-9,11-12H2,(H,18,19). The fraction of sp³-hybridized carbons (Fsp3) is 0.235. The third-order valence-corrected chi connectivity index (χ3v) is 3.56. The Kier molecular flexibility index (Phi) is 4.63. The van der Waals surface area contributed by atoms with Crippen LogP contribution in [0.3, 0.4) is 0 Å². The normalized spacial score (nSPS) is 13.5. The third kappa shape index (κ3) is 3.92. The number of amidine groups is 1. The Bertz CT molecular complexity index is 726. The number of nitrogens with one attached hydrogen (secondary N) is 1. The van der Waals surface area contributed by atoms with Gasteiger partial charge in [-0.25, -0.2) is 0 Å². The number of ether oxygens (including phenoxy) is 1. The number of hydrogen-bond acceptors (Lipinski definition) is 5. The molecule has 1 aliphatic heterocycles. The van der Waals surface area contributed by atoms with Crippen molar-refractivity contribution in [1.82, 2.24) is 5.32 Å². The van der Waals surface area contributed by atoms with E-state index < -0.39 is 4.92 Å². The lowest BCUT2D eigenvalue weighted by Gasteiger charge is -2.07. The minimum Gasteiger partial charge on any atom is -0.372 e. The van der Waals surface area contributed by atoms with E-state index in [9.17, 15) is 10.1 Å². The number of hydrogen-bond donors (Lipinski definition) is 1. The van der Waals surface area contributed by atoms with Crippen LogP contribution < -0.4 is 5.32 Å². The predicted molar refractivity (Wildman–Crippen MR) is 87.4 cm³/mol. The molecule has 6 heteroatoms. The Labute approximate surface area is 134 Å². The number of nitro benzene ring substituents is 1. The lowest BCUT2D eigenvalue weighted by atomic mass is 10.1. The van der Waals surface area contributed by atoms with E-state index in [0.29, 0.717) is 13.2 Å². The van der Waals surface area contributed by atoms with Crippen molar-refractivity contribution in [2.24, 2.45) is 4.99 Å². The molecule has 0 aromatic heterocycles. The molecule has 2 aromatic carbocycles. The number of non-ortho nitro benzene ring substituents is 1. The Morgan fingerprint density at radius 2 is 1.91 bits per heavy atom. The zero-order chi connectivity index (χ0) is 16.1. The SMILES string of the molecule is O=[N+]([O-])c1ccc(COCc2cccc(C3=NCCN3)c2)cc1. The van der Waals surface area contributed by atoms with Crippen LogP contribution in [0.5, 0.6) is 0 Å². The monoisotopic (exact) mass is 311 g/mol. The van der Waals surface area contributed by atoms with Crippen LogP contribution in [0, 0.1) is 10.1 Å². The molecular formula is C17H17N3O3. The molecule has 0 fully saturated rings. The van der Waals surface area contributed by atoms with Gasteiger partial charge in [-0.2, -0.15) is 0 Å². The van der Waals surface area contributed by atoms with Crippen molar-refractivity contribution >= 4 is 11.5 Å². The van der Waals surface area contributed by atoms with Gasteiger partial charge in [-0.15, -0.1) is 0 Å². The molecule has 0 saturated carbocycles. The summed E-state index contributed by atoms with van der Waals surface area (Å²) in [4.78, 5) is 14.6. The Morgan fingerprint density at radius 1 is 1.13 bits per heavy atom. The van der Waals surface area contributed by atoms with E-state index in [1.165, 1.54) is 12.1 Å². The molecule has 0 bridgehead atoms. The van der Waals surface area contributed by atoms with E-state index in [1.54, 1.807) is 12.1 Å². The first-order valence-corrected chi connectivity index (χ1v) is 7.41. The molecule has 0 unspecified atom stereocenters. The van der Waals surface area contributed by atoms with Gasteiger partial charge in [0.05, 0.1) is 24.7 Å². The average molecular weight is 311 g/mol. The maximum Gasteiger partial charge on any atom is 0.269 e. The second kappa shape index (κ2) is 7.02. The van der Waals surface area contributed by atoms with E-state index in [1.807, 2.05) is 18.2 Å². The highest BCUT2D eigenvalue weighted by Gasteiger charge is 2.08. The van der Waals surface area contributed by atoms with Gasteiger partial charge in [-0.1, -0.05) is 18.2 Å². The summed E-state index contributed by atoms with van der Waals surface area (Å²) >= 11 is 0. The number of nitro groups is 1. The van der Waals surface area contributed by atoms with Gasteiger partial charge in [0, 0.05) is 24.2 Å². The second-order valence-corrected chi connectivity index (χ2v) is 5.27. The second-order valence-electron chi connectivity index (χ2n) is 5.27. The smallest absolute Gasteiger partial charge is 0.269 e. The molecule has 6 nitrogen and oxygen atoms in total. The summed E-state index contributed by atoms with van der Waals surface area (Å²) in [6, 6.07) is 14.5. The molecule has 1 N–H and O–H groups in total. The molecule has 1 heterocycles. The fourth-order valence-corrected chi connectivity index (χ4v) is 2.40. The van der Waals surface area contributed by atoms with Crippen LogP contribution in [0.2, 0.25) is 0 Å². The van der Waals surface area contributed by atoms with Crippen LogP contribution in [-0.2, 0) is 18.0 Å². The quantitative estimate of drug-likeness (QED) is 0.657. The van der Waals surface area contributed by atoms with Crippen LogP contribution in [0.4, 0.5) is 5.69 Å². The predicted octanol–water partition coefficient (Wildman–Crippen LogP) is 2.66. The van der Waals surface area contributed by atoms with E-state index in [0.717, 1.165) is 35.6 Å². The summed E-state index contributed by atoms with van der Waals surface area (Å²) < 4.78 is 5.69. The van der Waals surface area contributed by atoms with Crippen molar-refractivity contribution in [2.45, 2.75) is 13.2 Å². The van der Waals surface area contributed by atoms with E-state index in [4.69, 9.17) is 4.74 Å². The molecule has 3 rings (SSSR count). The van der Waals surface area contributed by atoms with Gasteiger partial charge in [-0.3, -0.25) is 15.1 Å². The van der Waals surface area contributed by atoms with Crippen molar-refractivity contribution < 1.29 is 9.66 Å². The number of nitrogens with zero attached hydrogens (tertiary/aromatic N) is 2. The van der Waals surface area contributed by atoms with Crippen LogP contribution in [0.1, 0.15) is 16.7 Å². The van der Waals surface area contributed by atoms with Gasteiger partial charge in [0.25, 0.3) is 5.69 Å². The number of benzene rings is 2. The highest BCUT2D eigenvalue weighted by molar-refractivity contribution is 5.99. The minimum atomic E-state index is -0.407.